The van der Waals surface area contributed by atoms with E-state index >= 15 is 0 Å². The maximum Gasteiger partial charge on any atom is 0.240 e. The zero-order valence-corrected chi connectivity index (χ0v) is 11.2. The van der Waals surface area contributed by atoms with Crippen LogP contribution >= 0.6 is 0 Å². The van der Waals surface area contributed by atoms with Gasteiger partial charge in [0.1, 0.15) is 0 Å². The van der Waals surface area contributed by atoms with Gasteiger partial charge in [-0.25, -0.2) is 13.1 Å². The van der Waals surface area contributed by atoms with Crippen LogP contribution in [0.1, 0.15) is 6.92 Å². The molecular weight excluding hydrogens is 254 g/mol. The molecular formula is C11H19N3O3S. The molecule has 0 heterocycles. The number of nitrogens with one attached hydrogen (secondary N) is 2. The smallest absolute Gasteiger partial charge is 0.240 e. The van der Waals surface area contributed by atoms with E-state index in [1.807, 2.05) is 0 Å². The first-order chi connectivity index (χ1) is 8.36. The summed E-state index contributed by atoms with van der Waals surface area (Å²) in [6.07, 6.45) is -0.596. The molecule has 7 heteroatoms. The molecule has 2 unspecified atom stereocenters. The van der Waals surface area contributed by atoms with Gasteiger partial charge >= 0.3 is 0 Å². The molecule has 1 aromatic carbocycles. The van der Waals surface area contributed by atoms with Crippen LogP contribution in [0.4, 0.5) is 5.69 Å². The van der Waals surface area contributed by atoms with Crippen LogP contribution in [0.5, 0.6) is 0 Å². The number of nitrogens with two attached hydrogens (primary N) is 1. The average molecular weight is 273 g/mol. The molecule has 0 saturated heterocycles. The first-order valence-electron chi connectivity index (χ1n) is 5.58. The van der Waals surface area contributed by atoms with Crippen molar-refractivity contribution in [3.8, 4) is 0 Å². The normalized spacial score (nSPS) is 15.1. The second-order valence-corrected chi connectivity index (χ2v) is 5.90. The molecule has 0 radical (unpaired) electrons. The zero-order valence-electron chi connectivity index (χ0n) is 10.4. The molecule has 0 fully saturated rings. The van der Waals surface area contributed by atoms with Crippen molar-refractivity contribution in [3.63, 3.8) is 0 Å². The van der Waals surface area contributed by atoms with Crippen LogP contribution in [-0.2, 0) is 10.0 Å². The van der Waals surface area contributed by atoms with Crippen molar-refractivity contribution in [2.75, 3.05) is 18.9 Å². The lowest BCUT2D eigenvalue weighted by molar-refractivity contribution is 0.168. The van der Waals surface area contributed by atoms with Gasteiger partial charge in [-0.15, -0.1) is 0 Å². The van der Waals surface area contributed by atoms with Crippen molar-refractivity contribution in [3.05, 3.63) is 24.3 Å². The number of hydrogen-bond acceptors (Lipinski definition) is 5. The van der Waals surface area contributed by atoms with Gasteiger partial charge in [-0.05, 0) is 38.2 Å². The number of benzene rings is 1. The molecule has 6 nitrogen and oxygen atoms in total. The number of sulfonamides is 1. The maximum atomic E-state index is 11.5. The topological polar surface area (TPSA) is 104 Å². The summed E-state index contributed by atoms with van der Waals surface area (Å²) in [7, 11) is -2.04. The first kappa shape index (κ1) is 14.9. The second-order valence-electron chi connectivity index (χ2n) is 4.02. The zero-order chi connectivity index (χ0) is 13.8. The summed E-state index contributed by atoms with van der Waals surface area (Å²) >= 11 is 0. The summed E-state index contributed by atoms with van der Waals surface area (Å²) in [6.45, 7) is 2.03. The quantitative estimate of drug-likeness (QED) is 0.570. The van der Waals surface area contributed by atoms with E-state index in [4.69, 9.17) is 5.73 Å². The predicted molar refractivity (Wildman–Crippen MR) is 70.8 cm³/mol. The average Bonchev–Trinajstić information content (AvgIpc) is 2.36. The third-order valence-electron chi connectivity index (χ3n) is 2.59. The Labute approximate surface area is 107 Å². The predicted octanol–water partition coefficient (Wildman–Crippen LogP) is -0.285. The highest BCUT2D eigenvalue weighted by Crippen LogP contribution is 2.13. The van der Waals surface area contributed by atoms with Gasteiger partial charge < -0.3 is 16.2 Å². The lowest BCUT2D eigenvalue weighted by Crippen LogP contribution is -2.38. The Balaban J connectivity index is 2.67. The van der Waals surface area contributed by atoms with Crippen molar-refractivity contribution in [2.45, 2.75) is 24.0 Å². The van der Waals surface area contributed by atoms with Crippen molar-refractivity contribution in [1.29, 1.82) is 0 Å². The van der Waals surface area contributed by atoms with E-state index in [0.717, 1.165) is 5.69 Å². The highest BCUT2D eigenvalue weighted by atomic mass is 32.2. The number of rotatable bonds is 6. The van der Waals surface area contributed by atoms with E-state index in [0.29, 0.717) is 6.54 Å². The molecule has 5 N–H and O–H groups in total. The maximum absolute atomic E-state index is 11.5. The van der Waals surface area contributed by atoms with Gasteiger partial charge in [0.25, 0.3) is 0 Å². The molecule has 0 saturated carbocycles. The van der Waals surface area contributed by atoms with Crippen molar-refractivity contribution in [1.82, 2.24) is 4.72 Å². The van der Waals surface area contributed by atoms with E-state index in [1.54, 1.807) is 19.1 Å². The van der Waals surface area contributed by atoms with Crippen LogP contribution in [-0.4, -0.2) is 39.3 Å². The molecule has 0 amide bonds. The Bertz CT molecular complexity index is 471. The summed E-state index contributed by atoms with van der Waals surface area (Å²) in [5.41, 5.74) is 6.42. The van der Waals surface area contributed by atoms with E-state index in [1.165, 1.54) is 19.2 Å². The van der Waals surface area contributed by atoms with Gasteiger partial charge in [0.2, 0.25) is 10.0 Å². The molecule has 0 aliphatic rings. The van der Waals surface area contributed by atoms with Crippen molar-refractivity contribution < 1.29 is 13.5 Å². The summed E-state index contributed by atoms with van der Waals surface area (Å²) in [4.78, 5) is 0.204. The lowest BCUT2D eigenvalue weighted by Gasteiger charge is -2.16. The van der Waals surface area contributed by atoms with Crippen molar-refractivity contribution >= 4 is 15.7 Å². The molecule has 1 aromatic rings. The fourth-order valence-corrected chi connectivity index (χ4v) is 2.01. The molecule has 0 aliphatic carbocycles. The van der Waals surface area contributed by atoms with Gasteiger partial charge in [0, 0.05) is 18.3 Å². The molecule has 0 bridgehead atoms. The number of hydrogen-bond donors (Lipinski definition) is 4. The molecule has 18 heavy (non-hydrogen) atoms. The Hall–Kier alpha value is -1.15. The third kappa shape index (κ3) is 3.95. The van der Waals surface area contributed by atoms with E-state index in [9.17, 15) is 13.5 Å². The molecule has 1 rings (SSSR count). The molecule has 2 atom stereocenters. The second kappa shape index (κ2) is 6.14. The minimum absolute atomic E-state index is 0.204. The Morgan fingerprint density at radius 2 is 1.89 bits per heavy atom. The van der Waals surface area contributed by atoms with E-state index in [-0.39, 0.29) is 10.9 Å². The summed E-state index contributed by atoms with van der Waals surface area (Å²) in [5, 5.41) is 12.3. The van der Waals surface area contributed by atoms with Gasteiger partial charge in [-0.1, -0.05) is 0 Å². The van der Waals surface area contributed by atoms with Crippen LogP contribution in [0.25, 0.3) is 0 Å². The molecule has 0 spiro atoms. The van der Waals surface area contributed by atoms with Crippen LogP contribution in [0.2, 0.25) is 0 Å². The fourth-order valence-electron chi connectivity index (χ4n) is 1.28. The van der Waals surface area contributed by atoms with Crippen LogP contribution in [0, 0.1) is 0 Å². The van der Waals surface area contributed by atoms with E-state index in [2.05, 4.69) is 10.0 Å². The highest BCUT2D eigenvalue weighted by Gasteiger charge is 2.11. The Morgan fingerprint density at radius 1 is 1.33 bits per heavy atom. The SMILES string of the molecule is CNS(=O)(=O)c1ccc(NCC(N)C(C)O)cc1. The number of aliphatic hydroxyl groups is 1. The van der Waals surface area contributed by atoms with Gasteiger partial charge in [0.15, 0.2) is 0 Å². The summed E-state index contributed by atoms with van der Waals surface area (Å²) < 4.78 is 25.2. The minimum atomic E-state index is -3.40. The third-order valence-corrected chi connectivity index (χ3v) is 4.03. The van der Waals surface area contributed by atoms with Gasteiger partial charge in [-0.2, -0.15) is 0 Å². The number of aliphatic hydroxyl groups excluding tert-OH is 1. The first-order valence-corrected chi connectivity index (χ1v) is 7.06. The standard InChI is InChI=1S/C11H19N3O3S/c1-8(15)11(12)7-14-9-3-5-10(6-4-9)18(16,17)13-2/h3-6,8,11,13-15H,7,12H2,1-2H3. The minimum Gasteiger partial charge on any atom is -0.392 e. The summed E-state index contributed by atoms with van der Waals surface area (Å²) in [6, 6.07) is 5.94. The van der Waals surface area contributed by atoms with Crippen LogP contribution < -0.4 is 15.8 Å². The fraction of sp³-hybridized carbons (Fsp3) is 0.455. The molecule has 0 aliphatic heterocycles. The lowest BCUT2D eigenvalue weighted by atomic mass is 10.2. The molecule has 102 valence electrons. The highest BCUT2D eigenvalue weighted by molar-refractivity contribution is 7.89. The largest absolute Gasteiger partial charge is 0.392 e. The van der Waals surface area contributed by atoms with E-state index < -0.39 is 16.1 Å². The van der Waals surface area contributed by atoms with Crippen LogP contribution in [0.15, 0.2) is 29.2 Å². The number of anilines is 1. The van der Waals surface area contributed by atoms with Gasteiger partial charge in [0.05, 0.1) is 11.0 Å². The summed E-state index contributed by atoms with van der Waals surface area (Å²) in [5.74, 6) is 0. The van der Waals surface area contributed by atoms with Crippen molar-refractivity contribution in [2.24, 2.45) is 5.73 Å². The Morgan fingerprint density at radius 3 is 2.33 bits per heavy atom. The van der Waals surface area contributed by atoms with Crippen LogP contribution in [0.3, 0.4) is 0 Å². The molecule has 0 aromatic heterocycles. The van der Waals surface area contributed by atoms with Gasteiger partial charge in [-0.3, -0.25) is 0 Å². The monoisotopic (exact) mass is 273 g/mol. The Kier molecular flexibility index (Phi) is 5.09.